The molecular weight excluding hydrogens is 270 g/mol. The van der Waals surface area contributed by atoms with Crippen molar-refractivity contribution in [2.45, 2.75) is 43.0 Å². The highest BCUT2D eigenvalue weighted by Crippen LogP contribution is 2.50. The first-order valence-electron chi connectivity index (χ1n) is 7.49. The number of benzene rings is 1. The number of sulfone groups is 1. The quantitative estimate of drug-likeness (QED) is 0.928. The molecule has 1 aromatic rings. The van der Waals surface area contributed by atoms with Crippen molar-refractivity contribution in [3.05, 3.63) is 29.8 Å². The van der Waals surface area contributed by atoms with E-state index in [0.29, 0.717) is 4.90 Å². The van der Waals surface area contributed by atoms with Gasteiger partial charge in [-0.1, -0.05) is 18.6 Å². The third kappa shape index (κ3) is 2.77. The Balaban J connectivity index is 1.72. The average Bonchev–Trinajstić information content (AvgIpc) is 3.00. The molecule has 2 fully saturated rings. The summed E-state index contributed by atoms with van der Waals surface area (Å²) in [7, 11) is -3.15. The van der Waals surface area contributed by atoms with Gasteiger partial charge in [-0.3, -0.25) is 0 Å². The molecule has 0 amide bonds. The topological polar surface area (TPSA) is 60.2 Å². The second kappa shape index (κ2) is 5.15. The normalized spacial score (nSPS) is 30.6. The van der Waals surface area contributed by atoms with Gasteiger partial charge < -0.3 is 5.73 Å². The molecule has 0 aliphatic heterocycles. The summed E-state index contributed by atoms with van der Waals surface area (Å²) in [5.41, 5.74) is 7.28. The van der Waals surface area contributed by atoms with Gasteiger partial charge in [-0.25, -0.2) is 8.42 Å². The van der Waals surface area contributed by atoms with Gasteiger partial charge in [0.2, 0.25) is 0 Å². The van der Waals surface area contributed by atoms with E-state index in [0.717, 1.165) is 29.7 Å². The predicted octanol–water partition coefficient (Wildman–Crippen LogP) is 2.92. The zero-order valence-electron chi connectivity index (χ0n) is 12.0. The van der Waals surface area contributed by atoms with Crippen molar-refractivity contribution in [3.63, 3.8) is 0 Å². The van der Waals surface area contributed by atoms with E-state index in [1.165, 1.54) is 31.9 Å². The van der Waals surface area contributed by atoms with E-state index in [2.05, 4.69) is 0 Å². The first kappa shape index (κ1) is 14.1. The molecule has 0 heterocycles. The maximum Gasteiger partial charge on any atom is 0.175 e. The fourth-order valence-corrected chi connectivity index (χ4v) is 4.78. The van der Waals surface area contributed by atoms with Crippen molar-refractivity contribution >= 4 is 9.84 Å². The largest absolute Gasteiger partial charge is 0.324 e. The number of rotatable bonds is 4. The molecule has 0 saturated heterocycles. The van der Waals surface area contributed by atoms with Crippen molar-refractivity contribution in [1.29, 1.82) is 0 Å². The van der Waals surface area contributed by atoms with Crippen LogP contribution >= 0.6 is 0 Å². The minimum atomic E-state index is -3.15. The van der Waals surface area contributed by atoms with Gasteiger partial charge in [-0.05, 0) is 61.1 Å². The highest BCUT2D eigenvalue weighted by Gasteiger charge is 2.39. The lowest BCUT2D eigenvalue weighted by atomic mass is 9.83. The van der Waals surface area contributed by atoms with Crippen LogP contribution in [-0.2, 0) is 9.84 Å². The molecule has 4 heteroatoms. The number of nitrogens with two attached hydrogens (primary N) is 1. The van der Waals surface area contributed by atoms with Crippen LogP contribution in [-0.4, -0.2) is 14.7 Å². The van der Waals surface area contributed by atoms with E-state index in [4.69, 9.17) is 5.73 Å². The standard InChI is InChI=1S/C16H23NO2S/c1-20(18,19)15-4-2-3-13(9-15)16(17)10-14-8-11-5-6-12(14)7-11/h2-4,9,11-12,14,16H,5-8,10,17H2,1H3. The van der Waals surface area contributed by atoms with Crippen LogP contribution in [0.3, 0.4) is 0 Å². The van der Waals surface area contributed by atoms with Crippen LogP contribution in [0.5, 0.6) is 0 Å². The minimum Gasteiger partial charge on any atom is -0.324 e. The molecule has 1 aromatic carbocycles. The maximum atomic E-state index is 11.6. The molecule has 20 heavy (non-hydrogen) atoms. The lowest BCUT2D eigenvalue weighted by molar-refractivity contribution is 0.296. The molecule has 0 radical (unpaired) electrons. The van der Waals surface area contributed by atoms with Gasteiger partial charge in [0.05, 0.1) is 4.90 Å². The smallest absolute Gasteiger partial charge is 0.175 e. The third-order valence-corrected chi connectivity index (χ3v) is 6.27. The van der Waals surface area contributed by atoms with Crippen LogP contribution in [0.25, 0.3) is 0 Å². The van der Waals surface area contributed by atoms with Crippen molar-refractivity contribution < 1.29 is 8.42 Å². The zero-order valence-corrected chi connectivity index (χ0v) is 12.8. The molecule has 2 aliphatic rings. The highest BCUT2D eigenvalue weighted by molar-refractivity contribution is 7.90. The second-order valence-corrected chi connectivity index (χ2v) is 8.64. The molecule has 3 rings (SSSR count). The minimum absolute atomic E-state index is 0.0407. The fourth-order valence-electron chi connectivity index (χ4n) is 4.10. The van der Waals surface area contributed by atoms with E-state index in [1.54, 1.807) is 18.2 Å². The van der Waals surface area contributed by atoms with E-state index >= 15 is 0 Å². The van der Waals surface area contributed by atoms with Gasteiger partial charge in [0, 0.05) is 12.3 Å². The summed E-state index contributed by atoms with van der Waals surface area (Å²) in [5.74, 6) is 2.54. The molecule has 2 saturated carbocycles. The van der Waals surface area contributed by atoms with Crippen molar-refractivity contribution in [1.82, 2.24) is 0 Å². The number of hydrogen-bond acceptors (Lipinski definition) is 3. The first-order valence-corrected chi connectivity index (χ1v) is 9.38. The predicted molar refractivity (Wildman–Crippen MR) is 80.0 cm³/mol. The molecule has 2 aliphatic carbocycles. The second-order valence-electron chi connectivity index (χ2n) is 6.62. The van der Waals surface area contributed by atoms with Crippen LogP contribution in [0.1, 0.15) is 43.7 Å². The molecule has 4 atom stereocenters. The summed E-state index contributed by atoms with van der Waals surface area (Å²) in [6.07, 6.45) is 7.72. The molecule has 0 aromatic heterocycles. The summed E-state index contributed by atoms with van der Waals surface area (Å²) < 4.78 is 23.2. The summed E-state index contributed by atoms with van der Waals surface area (Å²) in [4.78, 5) is 0.374. The van der Waals surface area contributed by atoms with Crippen LogP contribution in [0.2, 0.25) is 0 Å². The fraction of sp³-hybridized carbons (Fsp3) is 0.625. The highest BCUT2D eigenvalue weighted by atomic mass is 32.2. The molecule has 0 spiro atoms. The molecule has 110 valence electrons. The first-order chi connectivity index (χ1) is 9.43. The van der Waals surface area contributed by atoms with Crippen LogP contribution in [0, 0.1) is 17.8 Å². The van der Waals surface area contributed by atoms with E-state index in [-0.39, 0.29) is 6.04 Å². The number of fused-ring (bicyclic) bond motifs is 2. The van der Waals surface area contributed by atoms with E-state index in [9.17, 15) is 8.42 Å². The third-order valence-electron chi connectivity index (χ3n) is 5.16. The lowest BCUT2D eigenvalue weighted by Gasteiger charge is -2.25. The van der Waals surface area contributed by atoms with Gasteiger partial charge in [0.15, 0.2) is 9.84 Å². The number of hydrogen-bond donors (Lipinski definition) is 1. The zero-order chi connectivity index (χ0) is 14.3. The maximum absolute atomic E-state index is 11.6. The van der Waals surface area contributed by atoms with E-state index < -0.39 is 9.84 Å². The molecule has 2 N–H and O–H groups in total. The Bertz CT molecular complexity index is 596. The lowest BCUT2D eigenvalue weighted by Crippen LogP contribution is -2.19. The monoisotopic (exact) mass is 293 g/mol. The Kier molecular flexibility index (Phi) is 3.63. The van der Waals surface area contributed by atoms with Gasteiger partial charge >= 0.3 is 0 Å². The molecule has 3 nitrogen and oxygen atoms in total. The summed E-state index contributed by atoms with van der Waals surface area (Å²) in [6, 6.07) is 7.09. The Labute approximate surface area is 121 Å². The molecule has 2 bridgehead atoms. The van der Waals surface area contributed by atoms with Crippen LogP contribution < -0.4 is 5.73 Å². The van der Waals surface area contributed by atoms with Gasteiger partial charge in [0.25, 0.3) is 0 Å². The van der Waals surface area contributed by atoms with Crippen molar-refractivity contribution in [3.8, 4) is 0 Å². The van der Waals surface area contributed by atoms with Crippen LogP contribution in [0.4, 0.5) is 0 Å². The average molecular weight is 293 g/mol. The van der Waals surface area contributed by atoms with Gasteiger partial charge in [-0.15, -0.1) is 0 Å². The summed E-state index contributed by atoms with van der Waals surface area (Å²) >= 11 is 0. The Morgan fingerprint density at radius 1 is 1.30 bits per heavy atom. The van der Waals surface area contributed by atoms with Gasteiger partial charge in [0.1, 0.15) is 0 Å². The van der Waals surface area contributed by atoms with Gasteiger partial charge in [-0.2, -0.15) is 0 Å². The van der Waals surface area contributed by atoms with Crippen molar-refractivity contribution in [2.75, 3.05) is 6.26 Å². The Morgan fingerprint density at radius 2 is 2.10 bits per heavy atom. The molecular formula is C16H23NO2S. The SMILES string of the molecule is CS(=O)(=O)c1cccc(C(N)CC2CC3CCC2C3)c1. The van der Waals surface area contributed by atoms with Crippen LogP contribution in [0.15, 0.2) is 29.2 Å². The van der Waals surface area contributed by atoms with E-state index in [1.807, 2.05) is 6.07 Å². The van der Waals surface area contributed by atoms with Crippen molar-refractivity contribution in [2.24, 2.45) is 23.5 Å². The molecule has 4 unspecified atom stereocenters. The Hall–Kier alpha value is -0.870. The summed E-state index contributed by atoms with van der Waals surface area (Å²) in [6.45, 7) is 0. The summed E-state index contributed by atoms with van der Waals surface area (Å²) in [5, 5.41) is 0. The Morgan fingerprint density at radius 3 is 2.70 bits per heavy atom.